The molecule has 2 rings (SSSR count). The molecular weight excluding hydrogens is 270 g/mol. The summed E-state index contributed by atoms with van der Waals surface area (Å²) in [6, 6.07) is 11.5. The largest absolute Gasteiger partial charge is 0.383 e. The molecule has 6 nitrogen and oxygen atoms in total. The molecular formula is C15H19N3O3. The van der Waals surface area contributed by atoms with E-state index in [0.29, 0.717) is 26.1 Å². The summed E-state index contributed by atoms with van der Waals surface area (Å²) in [6.45, 7) is 1.49. The fourth-order valence-electron chi connectivity index (χ4n) is 1.80. The van der Waals surface area contributed by atoms with E-state index in [1.54, 1.807) is 7.11 Å². The number of carbonyl (C=O) groups excluding carboxylic acids is 1. The normalized spacial score (nSPS) is 10.3. The lowest BCUT2D eigenvalue weighted by Gasteiger charge is -2.05. The summed E-state index contributed by atoms with van der Waals surface area (Å²) in [5, 5.41) is 9.43. The number of aromatic nitrogens is 1. The fourth-order valence-corrected chi connectivity index (χ4v) is 1.80. The zero-order valence-electron chi connectivity index (χ0n) is 12.0. The highest BCUT2D eigenvalue weighted by Crippen LogP contribution is 2.19. The average molecular weight is 289 g/mol. The Morgan fingerprint density at radius 1 is 1.24 bits per heavy atom. The van der Waals surface area contributed by atoms with E-state index < -0.39 is 0 Å². The summed E-state index contributed by atoms with van der Waals surface area (Å²) in [5.74, 6) is 0.732. The Bertz CT molecular complexity index is 554. The molecule has 1 heterocycles. The van der Waals surface area contributed by atoms with Gasteiger partial charge in [-0.3, -0.25) is 0 Å². The Hall–Kier alpha value is -2.34. The smallest absolute Gasteiger partial charge is 0.314 e. The Balaban J connectivity index is 1.75. The van der Waals surface area contributed by atoms with Crippen LogP contribution in [0.15, 0.2) is 40.9 Å². The summed E-state index contributed by atoms with van der Waals surface area (Å²) in [6.07, 6.45) is 0.619. The minimum absolute atomic E-state index is 0.209. The number of methoxy groups -OCH3 is 1. The predicted molar refractivity (Wildman–Crippen MR) is 78.9 cm³/mol. The van der Waals surface area contributed by atoms with Crippen molar-refractivity contribution in [1.82, 2.24) is 15.8 Å². The molecule has 0 saturated carbocycles. The molecule has 0 bridgehead atoms. The number of hydrogen-bond donors (Lipinski definition) is 2. The molecule has 21 heavy (non-hydrogen) atoms. The van der Waals surface area contributed by atoms with E-state index in [1.807, 2.05) is 36.4 Å². The minimum atomic E-state index is -0.209. The number of hydrogen-bond acceptors (Lipinski definition) is 4. The molecule has 0 spiro atoms. The summed E-state index contributed by atoms with van der Waals surface area (Å²) in [4.78, 5) is 11.4. The third-order valence-electron chi connectivity index (χ3n) is 2.88. The Morgan fingerprint density at radius 3 is 2.76 bits per heavy atom. The third-order valence-corrected chi connectivity index (χ3v) is 2.88. The predicted octanol–water partition coefficient (Wildman–Crippen LogP) is 1.83. The second-order valence-corrected chi connectivity index (χ2v) is 4.47. The quantitative estimate of drug-likeness (QED) is 0.762. The molecule has 112 valence electrons. The lowest BCUT2D eigenvalue weighted by Crippen LogP contribution is -2.38. The summed E-state index contributed by atoms with van der Waals surface area (Å²) >= 11 is 0. The van der Waals surface area contributed by atoms with Crippen LogP contribution in [0.5, 0.6) is 0 Å². The van der Waals surface area contributed by atoms with Crippen molar-refractivity contribution in [3.8, 4) is 11.3 Å². The van der Waals surface area contributed by atoms with Crippen LogP contribution in [-0.2, 0) is 11.2 Å². The van der Waals surface area contributed by atoms with Gasteiger partial charge in [-0.1, -0.05) is 35.5 Å². The van der Waals surface area contributed by atoms with Crippen molar-refractivity contribution >= 4 is 6.03 Å². The highest BCUT2D eigenvalue weighted by atomic mass is 16.5. The van der Waals surface area contributed by atoms with Crippen LogP contribution >= 0.6 is 0 Å². The fraction of sp³-hybridized carbons (Fsp3) is 0.333. The van der Waals surface area contributed by atoms with E-state index >= 15 is 0 Å². The number of urea groups is 1. The Labute approximate surface area is 123 Å². The van der Waals surface area contributed by atoms with Gasteiger partial charge in [0.2, 0.25) is 0 Å². The van der Waals surface area contributed by atoms with Crippen molar-refractivity contribution in [1.29, 1.82) is 0 Å². The number of nitrogens with zero attached hydrogens (tertiary/aromatic N) is 1. The van der Waals surface area contributed by atoms with Crippen molar-refractivity contribution in [2.24, 2.45) is 0 Å². The van der Waals surface area contributed by atoms with Gasteiger partial charge in [0.25, 0.3) is 0 Å². The molecule has 6 heteroatoms. The minimum Gasteiger partial charge on any atom is -0.383 e. The molecule has 0 atom stereocenters. The first-order valence-corrected chi connectivity index (χ1v) is 6.81. The zero-order chi connectivity index (χ0) is 14.9. The average Bonchev–Trinajstić information content (AvgIpc) is 2.97. The van der Waals surface area contributed by atoms with Gasteiger partial charge in [-0.25, -0.2) is 4.79 Å². The van der Waals surface area contributed by atoms with Crippen molar-refractivity contribution in [3.05, 3.63) is 42.1 Å². The van der Waals surface area contributed by atoms with Gasteiger partial charge in [-0.2, -0.15) is 0 Å². The van der Waals surface area contributed by atoms with E-state index in [9.17, 15) is 4.79 Å². The maximum Gasteiger partial charge on any atom is 0.314 e. The van der Waals surface area contributed by atoms with Crippen LogP contribution < -0.4 is 10.6 Å². The van der Waals surface area contributed by atoms with Gasteiger partial charge in [-0.15, -0.1) is 0 Å². The molecule has 0 unspecified atom stereocenters. The lowest BCUT2D eigenvalue weighted by atomic mass is 10.1. The first-order chi connectivity index (χ1) is 10.3. The molecule has 0 aliphatic heterocycles. The first-order valence-electron chi connectivity index (χ1n) is 6.81. The van der Waals surface area contributed by atoms with E-state index in [4.69, 9.17) is 9.26 Å². The number of carbonyl (C=O) groups is 1. The van der Waals surface area contributed by atoms with Crippen LogP contribution in [0.4, 0.5) is 4.79 Å². The highest BCUT2D eigenvalue weighted by Gasteiger charge is 2.06. The van der Waals surface area contributed by atoms with Gasteiger partial charge in [0.05, 0.1) is 12.3 Å². The molecule has 1 aromatic heterocycles. The van der Waals surface area contributed by atoms with Crippen LogP contribution in [0.2, 0.25) is 0 Å². The molecule has 0 aliphatic carbocycles. The summed E-state index contributed by atoms with van der Waals surface area (Å²) in [5.41, 5.74) is 1.80. The van der Waals surface area contributed by atoms with Crippen molar-refractivity contribution in [3.63, 3.8) is 0 Å². The molecule has 0 saturated heterocycles. The van der Waals surface area contributed by atoms with Crippen LogP contribution in [0.3, 0.4) is 0 Å². The van der Waals surface area contributed by atoms with Gasteiger partial charge in [0, 0.05) is 38.2 Å². The Kier molecular flexibility index (Phi) is 5.78. The van der Waals surface area contributed by atoms with Crippen LogP contribution in [0.25, 0.3) is 11.3 Å². The van der Waals surface area contributed by atoms with Crippen molar-refractivity contribution in [2.75, 3.05) is 26.8 Å². The first kappa shape index (κ1) is 15.1. The van der Waals surface area contributed by atoms with Gasteiger partial charge in [0.15, 0.2) is 5.76 Å². The lowest BCUT2D eigenvalue weighted by molar-refractivity contribution is 0.196. The number of benzene rings is 1. The number of nitrogens with one attached hydrogen (secondary N) is 2. The maximum absolute atomic E-state index is 11.4. The van der Waals surface area contributed by atoms with Gasteiger partial charge < -0.3 is 19.9 Å². The molecule has 0 radical (unpaired) electrons. The molecule has 0 aliphatic rings. The number of amides is 2. The van der Waals surface area contributed by atoms with Gasteiger partial charge in [-0.05, 0) is 0 Å². The van der Waals surface area contributed by atoms with E-state index in [-0.39, 0.29) is 6.03 Å². The molecule has 2 amide bonds. The van der Waals surface area contributed by atoms with Crippen molar-refractivity contribution < 1.29 is 14.1 Å². The van der Waals surface area contributed by atoms with Crippen LogP contribution in [0, 0.1) is 0 Å². The second-order valence-electron chi connectivity index (χ2n) is 4.47. The van der Waals surface area contributed by atoms with Crippen LogP contribution in [-0.4, -0.2) is 38.0 Å². The van der Waals surface area contributed by atoms with E-state index in [1.165, 1.54) is 0 Å². The topological polar surface area (TPSA) is 76.4 Å². The molecule has 0 fully saturated rings. The SMILES string of the molecule is COCCNC(=O)NCCc1cc(-c2ccccc2)on1. The Morgan fingerprint density at radius 2 is 2.00 bits per heavy atom. The monoisotopic (exact) mass is 289 g/mol. The van der Waals surface area contributed by atoms with Crippen molar-refractivity contribution in [2.45, 2.75) is 6.42 Å². The van der Waals surface area contributed by atoms with E-state index in [0.717, 1.165) is 17.0 Å². The zero-order valence-corrected chi connectivity index (χ0v) is 12.0. The molecule has 2 aromatic rings. The molecule has 1 aromatic carbocycles. The van der Waals surface area contributed by atoms with Gasteiger partial charge >= 0.3 is 6.03 Å². The highest BCUT2D eigenvalue weighted by molar-refractivity contribution is 5.73. The van der Waals surface area contributed by atoms with E-state index in [2.05, 4.69) is 15.8 Å². The summed E-state index contributed by atoms with van der Waals surface area (Å²) < 4.78 is 10.1. The maximum atomic E-state index is 11.4. The summed E-state index contributed by atoms with van der Waals surface area (Å²) in [7, 11) is 1.59. The van der Waals surface area contributed by atoms with Crippen LogP contribution in [0.1, 0.15) is 5.69 Å². The number of rotatable bonds is 7. The van der Waals surface area contributed by atoms with Gasteiger partial charge in [0.1, 0.15) is 0 Å². The standard InChI is InChI=1S/C15H19N3O3/c1-20-10-9-17-15(19)16-8-7-13-11-14(21-18-13)12-5-3-2-4-6-12/h2-6,11H,7-10H2,1H3,(H2,16,17,19). The second kappa shape index (κ2) is 8.06. The third kappa shape index (κ3) is 4.92. The number of ether oxygens (including phenoxy) is 1. The molecule has 2 N–H and O–H groups in total.